The third-order valence-electron chi connectivity index (χ3n) is 3.76. The Morgan fingerprint density at radius 1 is 1.21 bits per heavy atom. The van der Waals surface area contributed by atoms with Crippen LogP contribution in [0.2, 0.25) is 0 Å². The van der Waals surface area contributed by atoms with Crippen LogP contribution in [-0.4, -0.2) is 42.8 Å². The first kappa shape index (κ1) is 16.8. The first-order valence-corrected chi connectivity index (χ1v) is 8.80. The summed E-state index contributed by atoms with van der Waals surface area (Å²) in [5.41, 5.74) is 0. The molecule has 0 amide bonds. The van der Waals surface area contributed by atoms with Crippen LogP contribution in [-0.2, 0) is 10.0 Å². The number of hydrogen-bond acceptors (Lipinski definition) is 4. The molecule has 0 aliphatic carbocycles. The van der Waals surface area contributed by atoms with E-state index in [1.54, 1.807) is 36.5 Å². The lowest BCUT2D eigenvalue weighted by atomic mass is 10.2. The van der Waals surface area contributed by atoms with Gasteiger partial charge in [0, 0.05) is 12.6 Å². The highest BCUT2D eigenvalue weighted by molar-refractivity contribution is 7.89. The second-order valence-corrected chi connectivity index (χ2v) is 7.47. The lowest BCUT2D eigenvalue weighted by Gasteiger charge is -2.23. The third-order valence-corrected chi connectivity index (χ3v) is 5.67. The van der Waals surface area contributed by atoms with Crippen molar-refractivity contribution in [3.63, 3.8) is 0 Å². The number of halogens is 2. The molecule has 3 rings (SSSR count). The molecule has 1 fully saturated rings. The van der Waals surface area contributed by atoms with Gasteiger partial charge in [0.2, 0.25) is 10.0 Å². The van der Waals surface area contributed by atoms with Crippen LogP contribution in [0.15, 0.2) is 59.8 Å². The van der Waals surface area contributed by atoms with Gasteiger partial charge in [0.15, 0.2) is 0 Å². The minimum Gasteiger partial charge on any atom is -0.490 e. The Morgan fingerprint density at radius 2 is 1.96 bits per heavy atom. The highest BCUT2D eigenvalue weighted by atomic mass is 32.2. The summed E-state index contributed by atoms with van der Waals surface area (Å²) in [6, 6.07) is 9.92. The molecule has 8 heteroatoms. The summed E-state index contributed by atoms with van der Waals surface area (Å²) in [7, 11) is -4.01. The molecule has 1 aromatic heterocycles. The summed E-state index contributed by atoms with van der Waals surface area (Å²) in [5, 5.41) is 0. The van der Waals surface area contributed by atoms with Crippen molar-refractivity contribution in [2.45, 2.75) is 23.3 Å². The van der Waals surface area contributed by atoms with E-state index in [1.807, 2.05) is 0 Å². The Hall–Kier alpha value is -2.06. The maximum atomic E-state index is 13.8. The van der Waals surface area contributed by atoms with Gasteiger partial charge in [0.1, 0.15) is 12.4 Å². The van der Waals surface area contributed by atoms with Crippen molar-refractivity contribution in [1.29, 1.82) is 0 Å². The number of benzene rings is 1. The second-order valence-electron chi connectivity index (χ2n) is 5.58. The zero-order chi connectivity index (χ0) is 17.2. The summed E-state index contributed by atoms with van der Waals surface area (Å²) in [5.74, 6) is -2.67. The van der Waals surface area contributed by atoms with Gasteiger partial charge in [-0.25, -0.2) is 17.2 Å². The Kier molecular flexibility index (Phi) is 4.51. The summed E-state index contributed by atoms with van der Waals surface area (Å²) in [4.78, 5) is 3.86. The molecule has 0 bridgehead atoms. The fourth-order valence-corrected chi connectivity index (χ4v) is 4.30. The standard InChI is InChI=1S/C16H16F2N2O3S/c17-16(18)9-13(11-23-14-5-4-8-19-10-14)20(12-16)24(21,22)15-6-2-1-3-7-15/h1-8,10,13H,9,11-12H2/t13-/m0/s1. The van der Waals surface area contributed by atoms with Crippen molar-refractivity contribution in [2.75, 3.05) is 13.2 Å². The molecule has 0 spiro atoms. The quantitative estimate of drug-likeness (QED) is 0.828. The maximum absolute atomic E-state index is 13.8. The molecular formula is C16H16F2N2O3S. The van der Waals surface area contributed by atoms with Crippen LogP contribution in [0, 0.1) is 0 Å². The Morgan fingerprint density at radius 3 is 2.62 bits per heavy atom. The van der Waals surface area contributed by atoms with E-state index in [0.29, 0.717) is 5.75 Å². The summed E-state index contributed by atoms with van der Waals surface area (Å²) >= 11 is 0. The van der Waals surface area contributed by atoms with E-state index in [0.717, 1.165) is 4.31 Å². The van der Waals surface area contributed by atoms with Crippen LogP contribution >= 0.6 is 0 Å². The molecule has 1 aliphatic rings. The SMILES string of the molecule is O=S(=O)(c1ccccc1)N1CC(F)(F)C[C@H]1COc1cccnc1. The molecule has 2 aromatic rings. The van der Waals surface area contributed by atoms with Crippen molar-refractivity contribution in [2.24, 2.45) is 0 Å². The number of alkyl halides is 2. The van der Waals surface area contributed by atoms with Gasteiger partial charge in [0.25, 0.3) is 5.92 Å². The van der Waals surface area contributed by atoms with Crippen molar-refractivity contribution in [3.05, 3.63) is 54.9 Å². The zero-order valence-electron chi connectivity index (χ0n) is 12.7. The molecule has 0 radical (unpaired) electrons. The molecule has 2 heterocycles. The van der Waals surface area contributed by atoms with Gasteiger partial charge in [-0.2, -0.15) is 4.31 Å². The predicted molar refractivity (Wildman–Crippen MR) is 83.4 cm³/mol. The highest BCUT2D eigenvalue weighted by Crippen LogP contribution is 2.36. The molecule has 1 aliphatic heterocycles. The first-order chi connectivity index (χ1) is 11.4. The number of aromatic nitrogens is 1. The van der Waals surface area contributed by atoms with E-state index >= 15 is 0 Å². The second kappa shape index (κ2) is 6.45. The van der Waals surface area contributed by atoms with Crippen molar-refractivity contribution in [3.8, 4) is 5.75 Å². The maximum Gasteiger partial charge on any atom is 0.263 e. The van der Waals surface area contributed by atoms with E-state index in [1.165, 1.54) is 18.3 Å². The smallest absolute Gasteiger partial charge is 0.263 e. The van der Waals surface area contributed by atoms with E-state index in [-0.39, 0.29) is 11.5 Å². The normalized spacial score (nSPS) is 20.8. The van der Waals surface area contributed by atoms with Gasteiger partial charge in [-0.15, -0.1) is 0 Å². The number of nitrogens with zero attached hydrogens (tertiary/aromatic N) is 2. The van der Waals surface area contributed by atoms with Crippen LogP contribution in [0.25, 0.3) is 0 Å². The number of sulfonamides is 1. The van der Waals surface area contributed by atoms with Crippen molar-refractivity contribution >= 4 is 10.0 Å². The molecule has 5 nitrogen and oxygen atoms in total. The lowest BCUT2D eigenvalue weighted by Crippen LogP contribution is -2.39. The van der Waals surface area contributed by atoms with E-state index in [2.05, 4.69) is 4.98 Å². The van der Waals surface area contributed by atoms with Gasteiger partial charge < -0.3 is 4.74 Å². The summed E-state index contributed by atoms with van der Waals surface area (Å²) < 4.78 is 59.3. The van der Waals surface area contributed by atoms with Gasteiger partial charge in [-0.05, 0) is 24.3 Å². The van der Waals surface area contributed by atoms with Gasteiger partial charge in [-0.1, -0.05) is 18.2 Å². The Balaban J connectivity index is 1.82. The summed E-state index contributed by atoms with van der Waals surface area (Å²) in [6.45, 7) is -1.00. The minimum atomic E-state index is -4.01. The van der Waals surface area contributed by atoms with Gasteiger partial charge in [-0.3, -0.25) is 4.98 Å². The third kappa shape index (κ3) is 3.54. The minimum absolute atomic E-state index is 0.00548. The highest BCUT2D eigenvalue weighted by Gasteiger charge is 2.50. The van der Waals surface area contributed by atoms with E-state index in [9.17, 15) is 17.2 Å². The number of hydrogen-bond donors (Lipinski definition) is 0. The predicted octanol–water partition coefficient (Wildman–Crippen LogP) is 2.56. The monoisotopic (exact) mass is 354 g/mol. The molecule has 0 saturated carbocycles. The molecule has 128 valence electrons. The average Bonchev–Trinajstić information content (AvgIpc) is 2.90. The number of ether oxygens (including phenoxy) is 1. The van der Waals surface area contributed by atoms with Crippen molar-refractivity contribution in [1.82, 2.24) is 9.29 Å². The largest absolute Gasteiger partial charge is 0.490 e. The van der Waals surface area contributed by atoms with E-state index in [4.69, 9.17) is 4.74 Å². The molecule has 0 N–H and O–H groups in total. The Bertz CT molecular complexity index is 785. The summed E-state index contributed by atoms with van der Waals surface area (Å²) in [6.07, 6.45) is 2.44. The number of pyridine rings is 1. The Labute approximate surface area is 138 Å². The average molecular weight is 354 g/mol. The molecule has 24 heavy (non-hydrogen) atoms. The fraction of sp³-hybridized carbons (Fsp3) is 0.312. The van der Waals surface area contributed by atoms with Crippen LogP contribution in [0.4, 0.5) is 8.78 Å². The van der Waals surface area contributed by atoms with Crippen LogP contribution < -0.4 is 4.74 Å². The van der Waals surface area contributed by atoms with Crippen molar-refractivity contribution < 1.29 is 21.9 Å². The van der Waals surface area contributed by atoms with E-state index < -0.39 is 35.0 Å². The number of rotatable bonds is 5. The van der Waals surface area contributed by atoms with Crippen LogP contribution in [0.5, 0.6) is 5.75 Å². The first-order valence-electron chi connectivity index (χ1n) is 7.36. The van der Waals surface area contributed by atoms with Gasteiger partial charge >= 0.3 is 0 Å². The lowest BCUT2D eigenvalue weighted by molar-refractivity contribution is 0.0163. The topological polar surface area (TPSA) is 59.5 Å². The van der Waals surface area contributed by atoms with Crippen LogP contribution in [0.1, 0.15) is 6.42 Å². The molecule has 1 aromatic carbocycles. The molecule has 0 unspecified atom stereocenters. The molecule has 1 saturated heterocycles. The van der Waals surface area contributed by atoms with Crippen LogP contribution in [0.3, 0.4) is 0 Å². The zero-order valence-corrected chi connectivity index (χ0v) is 13.5. The molecular weight excluding hydrogens is 338 g/mol. The van der Waals surface area contributed by atoms with Gasteiger partial charge in [0.05, 0.1) is 23.7 Å². The fourth-order valence-electron chi connectivity index (χ4n) is 2.64. The molecule has 1 atom stereocenters.